The number of hydrogen-bond acceptors (Lipinski definition) is 4. The number of benzene rings is 2. The number of piperidine rings is 1. The Bertz CT molecular complexity index is 763. The second kappa shape index (κ2) is 9.53. The second-order valence-corrected chi connectivity index (χ2v) is 7.21. The van der Waals surface area contributed by atoms with Gasteiger partial charge in [0.15, 0.2) is 0 Å². The largest absolute Gasteiger partial charge is 0.496 e. The van der Waals surface area contributed by atoms with Gasteiger partial charge in [0.1, 0.15) is 5.75 Å². The van der Waals surface area contributed by atoms with Gasteiger partial charge in [0, 0.05) is 31.7 Å². The van der Waals surface area contributed by atoms with E-state index in [4.69, 9.17) is 10.5 Å². The lowest BCUT2D eigenvalue weighted by Crippen LogP contribution is -2.40. The fourth-order valence-electron chi connectivity index (χ4n) is 3.72. The van der Waals surface area contributed by atoms with E-state index in [0.29, 0.717) is 0 Å². The number of ether oxygens (including phenoxy) is 1. The second-order valence-electron chi connectivity index (χ2n) is 7.21. The van der Waals surface area contributed by atoms with Crippen LogP contribution >= 0.6 is 0 Å². The molecule has 0 spiro atoms. The van der Waals surface area contributed by atoms with E-state index in [1.807, 2.05) is 18.2 Å². The molecule has 1 aliphatic heterocycles. The van der Waals surface area contributed by atoms with Gasteiger partial charge in [0.05, 0.1) is 13.0 Å². The number of para-hydroxylation sites is 1. The average molecular weight is 367 g/mol. The van der Waals surface area contributed by atoms with Crippen LogP contribution < -0.4 is 15.8 Å². The van der Waals surface area contributed by atoms with Gasteiger partial charge in [0.25, 0.3) is 0 Å². The Labute approximate surface area is 161 Å². The monoisotopic (exact) mass is 367 g/mol. The molecule has 1 heterocycles. The number of nitrogens with one attached hydrogen (secondary N) is 1. The van der Waals surface area contributed by atoms with Crippen molar-refractivity contribution in [1.29, 1.82) is 0 Å². The van der Waals surface area contributed by atoms with E-state index in [1.54, 1.807) is 7.11 Å². The van der Waals surface area contributed by atoms with Crippen LogP contribution in [-0.4, -0.2) is 31.0 Å². The molecule has 0 aromatic heterocycles. The van der Waals surface area contributed by atoms with Crippen molar-refractivity contribution in [2.75, 3.05) is 20.2 Å². The van der Waals surface area contributed by atoms with Gasteiger partial charge in [-0.15, -0.1) is 0 Å². The number of amides is 1. The zero-order valence-corrected chi connectivity index (χ0v) is 16.0. The highest BCUT2D eigenvalue weighted by atomic mass is 16.5. The van der Waals surface area contributed by atoms with Gasteiger partial charge in [-0.3, -0.25) is 9.69 Å². The summed E-state index contributed by atoms with van der Waals surface area (Å²) in [6, 6.07) is 16.7. The highest BCUT2D eigenvalue weighted by molar-refractivity contribution is 5.76. The number of nitrogens with two attached hydrogens (primary N) is 1. The lowest BCUT2D eigenvalue weighted by atomic mass is 9.97. The van der Waals surface area contributed by atoms with Crippen LogP contribution in [0.2, 0.25) is 0 Å². The van der Waals surface area contributed by atoms with E-state index in [9.17, 15) is 4.79 Å². The molecule has 1 amide bonds. The average Bonchev–Trinajstić information content (AvgIpc) is 2.69. The molecule has 2 aromatic carbocycles. The Hall–Kier alpha value is -2.37. The predicted octanol–water partition coefficient (Wildman–Crippen LogP) is 2.68. The maximum absolute atomic E-state index is 11.5. The number of carbonyl (C=O) groups is 1. The number of hydrogen-bond donors (Lipinski definition) is 2. The van der Waals surface area contributed by atoms with E-state index < -0.39 is 0 Å². The van der Waals surface area contributed by atoms with Crippen LogP contribution in [0.25, 0.3) is 0 Å². The summed E-state index contributed by atoms with van der Waals surface area (Å²) in [4.78, 5) is 13.8. The molecule has 0 radical (unpaired) electrons. The van der Waals surface area contributed by atoms with Gasteiger partial charge in [-0.05, 0) is 36.6 Å². The third kappa shape index (κ3) is 5.55. The lowest BCUT2D eigenvalue weighted by Gasteiger charge is -2.31. The summed E-state index contributed by atoms with van der Waals surface area (Å²) in [6.07, 6.45) is 1.95. The van der Waals surface area contributed by atoms with Crippen molar-refractivity contribution in [2.24, 2.45) is 11.7 Å². The topological polar surface area (TPSA) is 67.6 Å². The van der Waals surface area contributed by atoms with E-state index >= 15 is 0 Å². The summed E-state index contributed by atoms with van der Waals surface area (Å²) in [5.41, 5.74) is 9.17. The van der Waals surface area contributed by atoms with Crippen molar-refractivity contribution in [1.82, 2.24) is 10.2 Å². The first-order chi connectivity index (χ1) is 13.2. The Morgan fingerprint density at radius 3 is 2.81 bits per heavy atom. The third-order valence-electron chi connectivity index (χ3n) is 5.14. The Kier molecular flexibility index (Phi) is 6.85. The molecule has 1 fully saturated rings. The zero-order valence-electron chi connectivity index (χ0n) is 16.0. The minimum absolute atomic E-state index is 0.00977. The van der Waals surface area contributed by atoms with Crippen LogP contribution in [0.3, 0.4) is 0 Å². The molecule has 5 nitrogen and oxygen atoms in total. The van der Waals surface area contributed by atoms with E-state index in [-0.39, 0.29) is 11.8 Å². The molecular weight excluding hydrogens is 338 g/mol. The Morgan fingerprint density at radius 2 is 2.00 bits per heavy atom. The van der Waals surface area contributed by atoms with E-state index in [1.165, 1.54) is 11.1 Å². The number of primary amides is 1. The zero-order chi connectivity index (χ0) is 19.1. The van der Waals surface area contributed by atoms with Crippen LogP contribution in [-0.2, 0) is 24.4 Å². The van der Waals surface area contributed by atoms with Gasteiger partial charge in [0.2, 0.25) is 5.91 Å². The highest BCUT2D eigenvalue weighted by Gasteiger charge is 2.23. The molecule has 0 bridgehead atoms. The molecule has 1 aliphatic rings. The highest BCUT2D eigenvalue weighted by Crippen LogP contribution is 2.19. The summed E-state index contributed by atoms with van der Waals surface area (Å²) in [5, 5.41) is 3.49. The summed E-state index contributed by atoms with van der Waals surface area (Å²) in [6.45, 7) is 4.23. The van der Waals surface area contributed by atoms with Crippen LogP contribution in [0.15, 0.2) is 48.5 Å². The van der Waals surface area contributed by atoms with Crippen molar-refractivity contribution in [3.05, 3.63) is 65.2 Å². The Balaban J connectivity index is 1.53. The fourth-order valence-corrected chi connectivity index (χ4v) is 3.72. The number of rotatable bonds is 8. The maximum Gasteiger partial charge on any atom is 0.221 e. The van der Waals surface area contributed by atoms with Gasteiger partial charge in [-0.1, -0.05) is 42.5 Å². The van der Waals surface area contributed by atoms with Crippen LogP contribution in [0.4, 0.5) is 0 Å². The van der Waals surface area contributed by atoms with Gasteiger partial charge < -0.3 is 15.8 Å². The lowest BCUT2D eigenvalue weighted by molar-refractivity contribution is -0.123. The van der Waals surface area contributed by atoms with Crippen molar-refractivity contribution in [3.63, 3.8) is 0 Å². The van der Waals surface area contributed by atoms with Crippen molar-refractivity contribution in [3.8, 4) is 5.75 Å². The molecule has 3 N–H and O–H groups in total. The van der Waals surface area contributed by atoms with Gasteiger partial charge in [-0.2, -0.15) is 0 Å². The summed E-state index contributed by atoms with van der Waals surface area (Å²) in [7, 11) is 1.70. The third-order valence-corrected chi connectivity index (χ3v) is 5.14. The van der Waals surface area contributed by atoms with Crippen LogP contribution in [0.1, 0.15) is 29.5 Å². The minimum Gasteiger partial charge on any atom is -0.496 e. The molecule has 1 atom stereocenters. The first-order valence-electron chi connectivity index (χ1n) is 9.58. The molecule has 0 saturated carbocycles. The van der Waals surface area contributed by atoms with E-state index in [2.05, 4.69) is 40.5 Å². The number of nitrogens with zero attached hydrogens (tertiary/aromatic N) is 1. The molecule has 1 saturated heterocycles. The maximum atomic E-state index is 11.5. The number of likely N-dealkylation sites (tertiary alicyclic amines) is 1. The quantitative estimate of drug-likeness (QED) is 0.753. The summed E-state index contributed by atoms with van der Waals surface area (Å²) < 4.78 is 5.40. The minimum atomic E-state index is -0.172. The smallest absolute Gasteiger partial charge is 0.221 e. The standard InChI is InChI=1S/C22H29N3O2/c1-27-21-10-3-2-8-19(21)14-24-13-17-6-4-7-18(12-17)15-25-11-5-9-20(16-25)22(23)26/h2-4,6-8,10,12,20,24H,5,9,11,13-16H2,1H3,(H2,23,26)/t20-/m0/s1. The number of methoxy groups -OCH3 is 1. The molecule has 2 aromatic rings. The van der Waals surface area contributed by atoms with Crippen molar-refractivity contribution >= 4 is 5.91 Å². The van der Waals surface area contributed by atoms with E-state index in [0.717, 1.165) is 56.9 Å². The molecule has 0 unspecified atom stereocenters. The molecule has 3 rings (SSSR count). The van der Waals surface area contributed by atoms with Crippen LogP contribution in [0.5, 0.6) is 5.75 Å². The van der Waals surface area contributed by atoms with Crippen molar-refractivity contribution in [2.45, 2.75) is 32.5 Å². The number of carbonyl (C=O) groups excluding carboxylic acids is 1. The van der Waals surface area contributed by atoms with Crippen LogP contribution in [0, 0.1) is 5.92 Å². The summed E-state index contributed by atoms with van der Waals surface area (Å²) in [5.74, 6) is 0.728. The first kappa shape index (κ1) is 19.4. The normalized spacial score (nSPS) is 17.6. The molecule has 27 heavy (non-hydrogen) atoms. The Morgan fingerprint density at radius 1 is 1.19 bits per heavy atom. The molecule has 0 aliphatic carbocycles. The molecule has 144 valence electrons. The first-order valence-corrected chi connectivity index (χ1v) is 9.58. The SMILES string of the molecule is COc1ccccc1CNCc1cccc(CN2CCC[C@H](C(N)=O)C2)c1. The fraction of sp³-hybridized carbons (Fsp3) is 0.409. The summed E-state index contributed by atoms with van der Waals surface area (Å²) >= 11 is 0. The predicted molar refractivity (Wildman–Crippen MR) is 107 cm³/mol. The van der Waals surface area contributed by atoms with Crippen molar-refractivity contribution < 1.29 is 9.53 Å². The molecule has 5 heteroatoms. The van der Waals surface area contributed by atoms with Gasteiger partial charge >= 0.3 is 0 Å². The molecular formula is C22H29N3O2. The van der Waals surface area contributed by atoms with Gasteiger partial charge in [-0.25, -0.2) is 0 Å².